The topological polar surface area (TPSA) is 106 Å². The Morgan fingerprint density at radius 3 is 2.73 bits per heavy atom. The first-order valence-corrected chi connectivity index (χ1v) is 9.16. The van der Waals surface area contributed by atoms with Crippen LogP contribution in [0.5, 0.6) is 5.75 Å². The first kappa shape index (κ1) is 20.1. The third kappa shape index (κ3) is 5.37. The number of nitrogens with one attached hydrogen (secondary N) is 1. The van der Waals surface area contributed by atoms with Gasteiger partial charge >= 0.3 is 0 Å². The Kier molecular flexibility index (Phi) is 6.87. The lowest BCUT2D eigenvalue weighted by atomic mass is 10.3. The van der Waals surface area contributed by atoms with Crippen LogP contribution < -0.4 is 20.7 Å². The molecule has 1 unspecified atom stereocenters. The third-order valence-electron chi connectivity index (χ3n) is 3.34. The molecule has 0 aliphatic rings. The maximum atomic E-state index is 12.3. The highest BCUT2D eigenvalue weighted by atomic mass is 35.5. The molecule has 0 spiro atoms. The zero-order valence-corrected chi connectivity index (χ0v) is 16.6. The van der Waals surface area contributed by atoms with Crippen LogP contribution in [0, 0.1) is 0 Å². The summed E-state index contributed by atoms with van der Waals surface area (Å²) in [4.78, 5) is 26.6. The molecule has 0 aliphatic heterocycles. The Morgan fingerprint density at radius 2 is 2.12 bits per heavy atom. The van der Waals surface area contributed by atoms with Gasteiger partial charge in [-0.15, -0.1) is 11.8 Å². The van der Waals surface area contributed by atoms with Crippen molar-refractivity contribution in [2.75, 3.05) is 37.2 Å². The van der Waals surface area contributed by atoms with Crippen LogP contribution in [0.15, 0.2) is 18.2 Å². The summed E-state index contributed by atoms with van der Waals surface area (Å²) < 4.78 is 5.09. The van der Waals surface area contributed by atoms with Crippen LogP contribution in [0.25, 0.3) is 0 Å². The number of carbonyl (C=O) groups is 1. The van der Waals surface area contributed by atoms with E-state index < -0.39 is 0 Å². The number of nitrogens with zero attached hydrogens (tertiary/aromatic N) is 4. The van der Waals surface area contributed by atoms with Gasteiger partial charge in [0.1, 0.15) is 11.6 Å². The van der Waals surface area contributed by atoms with E-state index in [-0.39, 0.29) is 17.1 Å². The van der Waals surface area contributed by atoms with Crippen LogP contribution in [0.4, 0.5) is 17.6 Å². The predicted molar refractivity (Wildman–Crippen MR) is 106 cm³/mol. The van der Waals surface area contributed by atoms with Gasteiger partial charge in [-0.2, -0.15) is 15.0 Å². The molecular formula is C16H21ClN6O2S. The molecule has 2 rings (SSSR count). The maximum absolute atomic E-state index is 12.3. The standard InChI is InChI=1S/C16H21ClN6O2S/c1-9(14(24)19-10-5-6-12(25-4)11(17)7-10)26-8-13-20-15(18)22-16(21-13)23(2)3/h5-7,9H,8H2,1-4H3,(H,19,24)(H2,18,20,21,22). The van der Waals surface area contributed by atoms with Crippen LogP contribution in [0.3, 0.4) is 0 Å². The number of rotatable bonds is 7. The van der Waals surface area contributed by atoms with Gasteiger partial charge in [-0.3, -0.25) is 4.79 Å². The summed E-state index contributed by atoms with van der Waals surface area (Å²) in [7, 11) is 5.18. The van der Waals surface area contributed by atoms with Gasteiger partial charge in [0.05, 0.1) is 23.1 Å². The van der Waals surface area contributed by atoms with E-state index in [1.165, 1.54) is 18.9 Å². The number of ether oxygens (including phenoxy) is 1. The fourth-order valence-electron chi connectivity index (χ4n) is 1.95. The number of hydrogen-bond acceptors (Lipinski definition) is 8. The van der Waals surface area contributed by atoms with E-state index >= 15 is 0 Å². The van der Waals surface area contributed by atoms with Gasteiger partial charge in [-0.25, -0.2) is 0 Å². The van der Waals surface area contributed by atoms with Gasteiger partial charge in [-0.05, 0) is 25.1 Å². The molecule has 1 atom stereocenters. The van der Waals surface area contributed by atoms with Gasteiger partial charge in [0.25, 0.3) is 0 Å². The molecule has 1 heterocycles. The number of nitrogen functional groups attached to an aromatic ring is 1. The smallest absolute Gasteiger partial charge is 0.237 e. The molecule has 1 amide bonds. The quantitative estimate of drug-likeness (QED) is 0.734. The molecule has 3 N–H and O–H groups in total. The van der Waals surface area contributed by atoms with Crippen LogP contribution >= 0.6 is 23.4 Å². The zero-order valence-electron chi connectivity index (χ0n) is 15.0. The molecule has 0 radical (unpaired) electrons. The van der Waals surface area contributed by atoms with Crippen LogP contribution in [-0.4, -0.2) is 47.3 Å². The second-order valence-corrected chi connectivity index (χ2v) is 7.33. The fraction of sp³-hybridized carbons (Fsp3) is 0.375. The molecule has 1 aromatic heterocycles. The van der Waals surface area contributed by atoms with Crippen molar-refractivity contribution in [3.63, 3.8) is 0 Å². The first-order valence-electron chi connectivity index (χ1n) is 7.74. The lowest BCUT2D eigenvalue weighted by molar-refractivity contribution is -0.115. The predicted octanol–water partition coefficient (Wildman–Crippen LogP) is 2.44. The molecule has 8 nitrogen and oxygen atoms in total. The molecule has 1 aromatic carbocycles. The third-order valence-corrected chi connectivity index (χ3v) is 4.77. The number of anilines is 3. The molecule has 0 fully saturated rings. The highest BCUT2D eigenvalue weighted by Gasteiger charge is 2.16. The normalized spacial score (nSPS) is 11.7. The summed E-state index contributed by atoms with van der Waals surface area (Å²) in [5.74, 6) is 2.01. The van der Waals surface area contributed by atoms with E-state index in [2.05, 4.69) is 20.3 Å². The number of nitrogens with two attached hydrogens (primary N) is 1. The summed E-state index contributed by atoms with van der Waals surface area (Å²) in [6.45, 7) is 1.81. The van der Waals surface area contributed by atoms with E-state index in [0.29, 0.717) is 34.0 Å². The van der Waals surface area contributed by atoms with E-state index in [4.69, 9.17) is 22.1 Å². The highest BCUT2D eigenvalue weighted by Crippen LogP contribution is 2.27. The minimum atomic E-state index is -0.323. The average Bonchev–Trinajstić information content (AvgIpc) is 2.59. The fourth-order valence-corrected chi connectivity index (χ4v) is 2.95. The molecular weight excluding hydrogens is 376 g/mol. The Labute approximate surface area is 161 Å². The lowest BCUT2D eigenvalue weighted by Crippen LogP contribution is -2.23. The molecule has 26 heavy (non-hydrogen) atoms. The zero-order chi connectivity index (χ0) is 19.3. The number of hydrogen-bond donors (Lipinski definition) is 2. The first-order chi connectivity index (χ1) is 12.3. The largest absolute Gasteiger partial charge is 0.495 e. The maximum Gasteiger partial charge on any atom is 0.237 e. The SMILES string of the molecule is COc1ccc(NC(=O)C(C)SCc2nc(N)nc(N(C)C)n2)cc1Cl. The van der Waals surface area contributed by atoms with Gasteiger partial charge in [0.15, 0.2) is 0 Å². The van der Waals surface area contributed by atoms with Gasteiger partial charge in [0, 0.05) is 19.8 Å². The van der Waals surface area contributed by atoms with E-state index in [0.717, 1.165) is 0 Å². The van der Waals surface area contributed by atoms with Crippen molar-refractivity contribution in [2.45, 2.75) is 17.9 Å². The molecule has 140 valence electrons. The van der Waals surface area contributed by atoms with Gasteiger partial charge < -0.3 is 20.7 Å². The Balaban J connectivity index is 1.96. The number of benzene rings is 1. The van der Waals surface area contributed by atoms with Crippen LogP contribution in [-0.2, 0) is 10.5 Å². The summed E-state index contributed by atoms with van der Waals surface area (Å²) in [5.41, 5.74) is 6.31. The number of halogens is 1. The Hall–Kier alpha value is -2.26. The van der Waals surface area contributed by atoms with Crippen molar-refractivity contribution in [2.24, 2.45) is 0 Å². The van der Waals surface area contributed by atoms with Crippen molar-refractivity contribution >= 4 is 46.9 Å². The van der Waals surface area contributed by atoms with Gasteiger partial charge in [-0.1, -0.05) is 11.6 Å². The second kappa shape index (κ2) is 8.91. The summed E-state index contributed by atoms with van der Waals surface area (Å²) in [6.07, 6.45) is 0. The molecule has 0 bridgehead atoms. The van der Waals surface area contributed by atoms with Crippen LogP contribution in [0.2, 0.25) is 5.02 Å². The van der Waals surface area contributed by atoms with Crippen molar-refractivity contribution in [3.8, 4) is 5.75 Å². The monoisotopic (exact) mass is 396 g/mol. The number of amides is 1. The van der Waals surface area contributed by atoms with Crippen molar-refractivity contribution in [1.29, 1.82) is 0 Å². The van der Waals surface area contributed by atoms with E-state index in [9.17, 15) is 4.79 Å². The summed E-state index contributed by atoms with van der Waals surface area (Å²) in [6, 6.07) is 5.08. The molecule has 0 saturated heterocycles. The molecule has 0 saturated carbocycles. The van der Waals surface area contributed by atoms with Crippen LogP contribution in [0.1, 0.15) is 12.7 Å². The second-order valence-electron chi connectivity index (χ2n) is 5.60. The van der Waals surface area contributed by atoms with E-state index in [1.54, 1.807) is 23.1 Å². The average molecular weight is 397 g/mol. The summed E-state index contributed by atoms with van der Waals surface area (Å²) >= 11 is 7.47. The number of carbonyl (C=O) groups excluding carboxylic acids is 1. The highest BCUT2D eigenvalue weighted by molar-refractivity contribution is 7.99. The Bertz CT molecular complexity index is 789. The lowest BCUT2D eigenvalue weighted by Gasteiger charge is -2.14. The Morgan fingerprint density at radius 1 is 1.38 bits per heavy atom. The molecule has 0 aliphatic carbocycles. The van der Waals surface area contributed by atoms with Crippen molar-refractivity contribution in [3.05, 3.63) is 29.0 Å². The molecule has 10 heteroatoms. The van der Waals surface area contributed by atoms with Gasteiger partial charge in [0.2, 0.25) is 17.8 Å². The summed E-state index contributed by atoms with van der Waals surface area (Å²) in [5, 5.41) is 2.94. The van der Waals surface area contributed by atoms with Crippen molar-refractivity contribution < 1.29 is 9.53 Å². The van der Waals surface area contributed by atoms with E-state index in [1.807, 2.05) is 21.0 Å². The number of methoxy groups -OCH3 is 1. The molecule has 2 aromatic rings. The number of aromatic nitrogens is 3. The minimum absolute atomic E-state index is 0.147. The minimum Gasteiger partial charge on any atom is -0.495 e. The number of thioether (sulfide) groups is 1. The van der Waals surface area contributed by atoms with Crippen molar-refractivity contribution in [1.82, 2.24) is 15.0 Å².